The van der Waals surface area contributed by atoms with Crippen molar-refractivity contribution in [2.45, 2.75) is 0 Å². The molecule has 0 aliphatic heterocycles. The molecule has 0 radical (unpaired) electrons. The van der Waals surface area contributed by atoms with Gasteiger partial charge in [-0.15, -0.1) is 0 Å². The number of carboxylic acid groups (broad SMARTS) is 1. The molecule has 22 heavy (non-hydrogen) atoms. The second-order valence-electron chi connectivity index (χ2n) is 4.67. The van der Waals surface area contributed by atoms with Crippen molar-refractivity contribution in [1.82, 2.24) is 0 Å². The molecule has 1 aromatic heterocycles. The third-order valence-corrected chi connectivity index (χ3v) is 3.78. The Morgan fingerprint density at radius 3 is 1.86 bits per heavy atom. The Balaban J connectivity index is 2.21. The summed E-state index contributed by atoms with van der Waals surface area (Å²) in [6.07, 6.45) is 1.44. The van der Waals surface area contributed by atoms with Crippen LogP contribution in [0, 0.1) is 0 Å². The first-order valence-corrected chi connectivity index (χ1v) is 7.18. The number of halogens is 2. The van der Waals surface area contributed by atoms with E-state index in [4.69, 9.17) is 27.6 Å². The summed E-state index contributed by atoms with van der Waals surface area (Å²) in [5.41, 5.74) is 2.76. The van der Waals surface area contributed by atoms with Gasteiger partial charge >= 0.3 is 5.97 Å². The number of hydrogen-bond donors (Lipinski definition) is 1. The number of carbonyl (C=O) groups is 1. The van der Waals surface area contributed by atoms with Gasteiger partial charge in [-0.3, -0.25) is 0 Å². The second kappa shape index (κ2) is 5.87. The van der Waals surface area contributed by atoms with Crippen molar-refractivity contribution in [3.8, 4) is 22.3 Å². The summed E-state index contributed by atoms with van der Waals surface area (Å²) >= 11 is 11.8. The van der Waals surface area contributed by atoms with Crippen molar-refractivity contribution in [2.24, 2.45) is 0 Å². The maximum Gasteiger partial charge on any atom is 0.372 e. The van der Waals surface area contributed by atoms with Crippen LogP contribution in [-0.4, -0.2) is 11.1 Å². The molecule has 0 atom stereocenters. The van der Waals surface area contributed by atoms with Crippen LogP contribution in [0.15, 0.2) is 59.2 Å². The summed E-state index contributed by atoms with van der Waals surface area (Å²) in [6, 6.07) is 14.1. The summed E-state index contributed by atoms with van der Waals surface area (Å²) in [4.78, 5) is 11.4. The van der Waals surface area contributed by atoms with Gasteiger partial charge in [-0.05, 0) is 35.4 Å². The molecule has 3 nitrogen and oxygen atoms in total. The normalized spacial score (nSPS) is 10.6. The minimum absolute atomic E-state index is 0.104. The first kappa shape index (κ1) is 14.7. The van der Waals surface area contributed by atoms with E-state index in [1.54, 1.807) is 36.4 Å². The number of aromatic carboxylic acids is 1. The van der Waals surface area contributed by atoms with Crippen LogP contribution in [0.5, 0.6) is 0 Å². The van der Waals surface area contributed by atoms with Crippen LogP contribution in [0.3, 0.4) is 0 Å². The summed E-state index contributed by atoms with van der Waals surface area (Å²) in [5.74, 6) is -1.22. The first-order valence-electron chi connectivity index (χ1n) is 6.43. The Morgan fingerprint density at radius 2 is 1.36 bits per heavy atom. The Kier molecular flexibility index (Phi) is 3.92. The zero-order valence-electron chi connectivity index (χ0n) is 11.2. The smallest absolute Gasteiger partial charge is 0.372 e. The lowest BCUT2D eigenvalue weighted by atomic mass is 9.97. The van der Waals surface area contributed by atoms with E-state index < -0.39 is 5.97 Å². The lowest BCUT2D eigenvalue weighted by molar-refractivity contribution is 0.0663. The Labute approximate surface area is 136 Å². The van der Waals surface area contributed by atoms with Gasteiger partial charge in [-0.2, -0.15) is 0 Å². The second-order valence-corrected chi connectivity index (χ2v) is 5.55. The maximum atomic E-state index is 11.4. The fraction of sp³-hybridized carbons (Fsp3) is 0. The van der Waals surface area contributed by atoms with Crippen LogP contribution >= 0.6 is 23.2 Å². The van der Waals surface area contributed by atoms with Crippen molar-refractivity contribution in [1.29, 1.82) is 0 Å². The molecular formula is C17H10Cl2O3. The minimum Gasteiger partial charge on any atom is -0.475 e. The molecule has 5 heteroatoms. The first-order chi connectivity index (χ1) is 10.6. The highest BCUT2D eigenvalue weighted by molar-refractivity contribution is 6.31. The van der Waals surface area contributed by atoms with E-state index in [1.165, 1.54) is 6.26 Å². The third kappa shape index (κ3) is 2.73. The SMILES string of the molecule is O=C(O)c1occ(-c2ccc(Cl)cc2)c1-c1ccc(Cl)cc1. The zero-order chi connectivity index (χ0) is 15.7. The summed E-state index contributed by atoms with van der Waals surface area (Å²) in [7, 11) is 0. The molecule has 0 unspecified atom stereocenters. The molecule has 0 aliphatic rings. The molecule has 1 heterocycles. The molecular weight excluding hydrogens is 323 g/mol. The molecule has 0 bridgehead atoms. The average Bonchev–Trinajstić information content (AvgIpc) is 2.94. The largest absolute Gasteiger partial charge is 0.475 e. The molecule has 0 aliphatic carbocycles. The van der Waals surface area contributed by atoms with Gasteiger partial charge in [0, 0.05) is 21.2 Å². The Morgan fingerprint density at radius 1 is 0.864 bits per heavy atom. The van der Waals surface area contributed by atoms with E-state index in [2.05, 4.69) is 0 Å². The fourth-order valence-corrected chi connectivity index (χ4v) is 2.51. The van der Waals surface area contributed by atoms with Gasteiger partial charge < -0.3 is 9.52 Å². The Hall–Kier alpha value is -2.23. The van der Waals surface area contributed by atoms with E-state index in [9.17, 15) is 9.90 Å². The number of hydrogen-bond acceptors (Lipinski definition) is 2. The summed E-state index contributed by atoms with van der Waals surface area (Å²) < 4.78 is 5.26. The van der Waals surface area contributed by atoms with Crippen molar-refractivity contribution >= 4 is 29.2 Å². The predicted octanol–water partition coefficient (Wildman–Crippen LogP) is 5.62. The van der Waals surface area contributed by atoms with Gasteiger partial charge in [0.05, 0.1) is 0 Å². The van der Waals surface area contributed by atoms with Crippen LogP contribution in [0.4, 0.5) is 0 Å². The topological polar surface area (TPSA) is 50.4 Å². The van der Waals surface area contributed by atoms with E-state index in [0.29, 0.717) is 21.2 Å². The van der Waals surface area contributed by atoms with E-state index in [0.717, 1.165) is 11.1 Å². The number of benzene rings is 2. The monoisotopic (exact) mass is 332 g/mol. The quantitative estimate of drug-likeness (QED) is 0.677. The van der Waals surface area contributed by atoms with Crippen molar-refractivity contribution in [3.63, 3.8) is 0 Å². The molecule has 1 N–H and O–H groups in total. The van der Waals surface area contributed by atoms with E-state index in [-0.39, 0.29) is 5.76 Å². The van der Waals surface area contributed by atoms with Crippen molar-refractivity contribution in [2.75, 3.05) is 0 Å². The van der Waals surface area contributed by atoms with Gasteiger partial charge in [0.25, 0.3) is 0 Å². The highest BCUT2D eigenvalue weighted by Gasteiger charge is 2.21. The molecule has 2 aromatic carbocycles. The van der Waals surface area contributed by atoms with Crippen LogP contribution in [0.2, 0.25) is 10.0 Å². The number of furan rings is 1. The van der Waals surface area contributed by atoms with E-state index >= 15 is 0 Å². The highest BCUT2D eigenvalue weighted by Crippen LogP contribution is 2.37. The predicted molar refractivity (Wildman–Crippen MR) is 86.6 cm³/mol. The standard InChI is InChI=1S/C17H10Cl2O3/c18-12-5-1-10(2-6-12)14-9-22-16(17(20)21)15(14)11-3-7-13(19)8-4-11/h1-9H,(H,20,21). The Bertz CT molecular complexity index is 818. The lowest BCUT2D eigenvalue weighted by Gasteiger charge is -2.05. The highest BCUT2D eigenvalue weighted by atomic mass is 35.5. The molecule has 0 saturated carbocycles. The van der Waals surface area contributed by atoms with Gasteiger partial charge in [0.15, 0.2) is 0 Å². The maximum absolute atomic E-state index is 11.4. The van der Waals surface area contributed by atoms with Crippen LogP contribution in [0.25, 0.3) is 22.3 Å². The third-order valence-electron chi connectivity index (χ3n) is 3.27. The van der Waals surface area contributed by atoms with Gasteiger partial charge in [0.1, 0.15) is 6.26 Å². The van der Waals surface area contributed by atoms with Crippen molar-refractivity contribution in [3.05, 3.63) is 70.6 Å². The minimum atomic E-state index is -1.12. The zero-order valence-corrected chi connectivity index (χ0v) is 12.7. The van der Waals surface area contributed by atoms with Crippen LogP contribution < -0.4 is 0 Å². The molecule has 0 saturated heterocycles. The van der Waals surface area contributed by atoms with Crippen LogP contribution in [0.1, 0.15) is 10.6 Å². The molecule has 110 valence electrons. The number of rotatable bonds is 3. The van der Waals surface area contributed by atoms with E-state index in [1.807, 2.05) is 12.1 Å². The molecule has 0 fully saturated rings. The molecule has 3 aromatic rings. The van der Waals surface area contributed by atoms with Crippen LogP contribution in [-0.2, 0) is 0 Å². The molecule has 3 rings (SSSR count). The van der Waals surface area contributed by atoms with Gasteiger partial charge in [-0.1, -0.05) is 47.5 Å². The van der Waals surface area contributed by atoms with Gasteiger partial charge in [-0.25, -0.2) is 4.79 Å². The average molecular weight is 333 g/mol. The summed E-state index contributed by atoms with van der Waals surface area (Å²) in [6.45, 7) is 0. The molecule has 0 spiro atoms. The molecule has 0 amide bonds. The number of carboxylic acids is 1. The fourth-order valence-electron chi connectivity index (χ4n) is 2.26. The lowest BCUT2D eigenvalue weighted by Crippen LogP contribution is -1.96. The summed E-state index contributed by atoms with van der Waals surface area (Å²) in [5, 5.41) is 10.5. The van der Waals surface area contributed by atoms with Gasteiger partial charge in [0.2, 0.25) is 5.76 Å². The van der Waals surface area contributed by atoms with Crippen molar-refractivity contribution < 1.29 is 14.3 Å².